The van der Waals surface area contributed by atoms with Crippen LogP contribution in [0.5, 0.6) is 0 Å². The fourth-order valence-corrected chi connectivity index (χ4v) is 4.97. The van der Waals surface area contributed by atoms with E-state index in [2.05, 4.69) is 5.32 Å². The average Bonchev–Trinajstić information content (AvgIpc) is 3.06. The molecule has 146 valence electrons. The normalized spacial score (nSPS) is 13.6. The van der Waals surface area contributed by atoms with Gasteiger partial charge in [0.1, 0.15) is 4.83 Å². The van der Waals surface area contributed by atoms with Crippen molar-refractivity contribution >= 4 is 39.2 Å². The molecule has 4 rings (SSSR count). The third-order valence-corrected chi connectivity index (χ3v) is 6.29. The molecule has 0 aliphatic heterocycles. The number of carbonyl (C=O) groups excluding carboxylic acids is 1. The zero-order chi connectivity index (χ0) is 19.8. The number of aromatic nitrogens is 2. The van der Waals surface area contributed by atoms with Crippen LogP contribution in [0.2, 0.25) is 0 Å². The highest BCUT2D eigenvalue weighted by Gasteiger charge is 2.23. The summed E-state index contributed by atoms with van der Waals surface area (Å²) in [5.41, 5.74) is 2.46. The maximum absolute atomic E-state index is 13.3. The summed E-state index contributed by atoms with van der Waals surface area (Å²) in [7, 11) is 1.36. The highest BCUT2D eigenvalue weighted by atomic mass is 32.1. The summed E-state index contributed by atoms with van der Waals surface area (Å²) in [6, 6.07) is 6.92. The van der Waals surface area contributed by atoms with Gasteiger partial charge in [-0.1, -0.05) is 0 Å². The third-order valence-electron chi connectivity index (χ3n) is 5.10. The standard InChI is InChI=1S/C21H23N3O3S/c1-12(2)24-19(25)17-15-6-4-5-7-16(15)28-18(17)23-21(24)22-14-10-8-13(9-11-14)20(26)27-3/h8-12H,4-7H2,1-3H3,(H,22,23). The number of esters is 1. The number of fused-ring (bicyclic) bond motifs is 3. The molecule has 0 fully saturated rings. The van der Waals surface area contributed by atoms with Crippen LogP contribution in [-0.2, 0) is 17.6 Å². The Balaban J connectivity index is 1.79. The average molecular weight is 398 g/mol. The second-order valence-electron chi connectivity index (χ2n) is 7.29. The highest BCUT2D eigenvalue weighted by molar-refractivity contribution is 7.18. The predicted octanol–water partition coefficient (Wildman–Crippen LogP) is 4.45. The molecule has 0 saturated carbocycles. The Hall–Kier alpha value is -2.67. The lowest BCUT2D eigenvalue weighted by Gasteiger charge is -2.17. The minimum absolute atomic E-state index is 0.0214. The van der Waals surface area contributed by atoms with Gasteiger partial charge in [-0.3, -0.25) is 9.36 Å². The Morgan fingerprint density at radius 1 is 1.21 bits per heavy atom. The second kappa shape index (κ2) is 7.39. The number of nitrogens with zero attached hydrogens (tertiary/aromatic N) is 2. The first-order valence-corrected chi connectivity index (χ1v) is 10.3. The monoisotopic (exact) mass is 397 g/mol. The second-order valence-corrected chi connectivity index (χ2v) is 8.37. The predicted molar refractivity (Wildman–Crippen MR) is 112 cm³/mol. The van der Waals surface area contributed by atoms with E-state index in [1.54, 1.807) is 40.2 Å². The van der Waals surface area contributed by atoms with E-state index in [1.165, 1.54) is 24.0 Å². The van der Waals surface area contributed by atoms with Gasteiger partial charge in [0.15, 0.2) is 0 Å². The van der Waals surface area contributed by atoms with Gasteiger partial charge in [-0.2, -0.15) is 0 Å². The number of rotatable bonds is 4. The maximum atomic E-state index is 13.3. The van der Waals surface area contributed by atoms with Crippen LogP contribution in [0, 0.1) is 0 Å². The SMILES string of the molecule is COC(=O)c1ccc(Nc2nc3sc4c(c3c(=O)n2C(C)C)CCCC4)cc1. The Morgan fingerprint density at radius 2 is 1.93 bits per heavy atom. The number of ether oxygens (including phenoxy) is 1. The molecular weight excluding hydrogens is 374 g/mol. The molecule has 0 spiro atoms. The largest absolute Gasteiger partial charge is 0.465 e. The van der Waals surface area contributed by atoms with Gasteiger partial charge >= 0.3 is 5.97 Å². The summed E-state index contributed by atoms with van der Waals surface area (Å²) in [4.78, 5) is 31.9. The number of carbonyl (C=O) groups is 1. The molecule has 2 heterocycles. The molecule has 1 N–H and O–H groups in total. The van der Waals surface area contributed by atoms with Gasteiger partial charge < -0.3 is 10.1 Å². The Bertz CT molecular complexity index is 1100. The van der Waals surface area contributed by atoms with Crippen molar-refractivity contribution in [3.63, 3.8) is 0 Å². The number of anilines is 2. The van der Waals surface area contributed by atoms with Crippen LogP contribution in [0.1, 0.15) is 53.5 Å². The molecule has 1 aliphatic rings. The van der Waals surface area contributed by atoms with Crippen molar-refractivity contribution in [2.75, 3.05) is 12.4 Å². The first-order chi connectivity index (χ1) is 13.5. The van der Waals surface area contributed by atoms with Crippen molar-refractivity contribution in [2.45, 2.75) is 45.6 Å². The van der Waals surface area contributed by atoms with E-state index < -0.39 is 0 Å². The number of methoxy groups -OCH3 is 1. The molecule has 0 saturated heterocycles. The van der Waals surface area contributed by atoms with Crippen LogP contribution in [-0.4, -0.2) is 22.6 Å². The van der Waals surface area contributed by atoms with E-state index in [1.807, 2.05) is 13.8 Å². The fourth-order valence-electron chi connectivity index (χ4n) is 3.72. The summed E-state index contributed by atoms with van der Waals surface area (Å²) in [6.07, 6.45) is 4.31. The molecule has 7 heteroatoms. The van der Waals surface area contributed by atoms with Gasteiger partial charge in [-0.15, -0.1) is 11.3 Å². The molecule has 28 heavy (non-hydrogen) atoms. The molecular formula is C21H23N3O3S. The Labute approximate surface area is 167 Å². The number of benzene rings is 1. The Morgan fingerprint density at radius 3 is 2.61 bits per heavy atom. The van der Waals surface area contributed by atoms with Gasteiger partial charge in [0, 0.05) is 16.6 Å². The molecule has 0 unspecified atom stereocenters. The molecule has 0 bridgehead atoms. The van der Waals surface area contributed by atoms with Gasteiger partial charge in [0.2, 0.25) is 5.95 Å². The van der Waals surface area contributed by atoms with Crippen LogP contribution < -0.4 is 10.9 Å². The van der Waals surface area contributed by atoms with Gasteiger partial charge in [-0.05, 0) is 69.4 Å². The topological polar surface area (TPSA) is 73.2 Å². The minimum Gasteiger partial charge on any atom is -0.465 e. The van der Waals surface area contributed by atoms with E-state index in [9.17, 15) is 9.59 Å². The minimum atomic E-state index is -0.380. The molecule has 6 nitrogen and oxygen atoms in total. The molecule has 1 aliphatic carbocycles. The summed E-state index contributed by atoms with van der Waals surface area (Å²) in [5.74, 6) is 0.145. The number of hydrogen-bond acceptors (Lipinski definition) is 6. The van der Waals surface area contributed by atoms with E-state index in [4.69, 9.17) is 9.72 Å². The van der Waals surface area contributed by atoms with E-state index >= 15 is 0 Å². The first-order valence-electron chi connectivity index (χ1n) is 9.51. The number of hydrogen-bond donors (Lipinski definition) is 1. The first kappa shape index (κ1) is 18.7. The fraction of sp³-hybridized carbons (Fsp3) is 0.381. The molecule has 3 aromatic rings. The smallest absolute Gasteiger partial charge is 0.337 e. The molecule has 0 radical (unpaired) electrons. The van der Waals surface area contributed by atoms with Gasteiger partial charge in [-0.25, -0.2) is 9.78 Å². The van der Waals surface area contributed by atoms with Crippen molar-refractivity contribution < 1.29 is 9.53 Å². The van der Waals surface area contributed by atoms with Crippen molar-refractivity contribution in [3.05, 3.63) is 50.6 Å². The van der Waals surface area contributed by atoms with Crippen LogP contribution >= 0.6 is 11.3 Å². The maximum Gasteiger partial charge on any atom is 0.337 e. The van der Waals surface area contributed by atoms with Gasteiger partial charge in [0.05, 0.1) is 18.1 Å². The van der Waals surface area contributed by atoms with Crippen molar-refractivity contribution in [3.8, 4) is 0 Å². The molecule has 2 aromatic heterocycles. The van der Waals surface area contributed by atoms with Crippen LogP contribution in [0.15, 0.2) is 29.1 Å². The highest BCUT2D eigenvalue weighted by Crippen LogP contribution is 2.35. The number of thiophene rings is 1. The Kier molecular flexibility index (Phi) is 4.93. The summed E-state index contributed by atoms with van der Waals surface area (Å²) in [5, 5.41) is 4.05. The lowest BCUT2D eigenvalue weighted by Crippen LogP contribution is -2.26. The summed E-state index contributed by atoms with van der Waals surface area (Å²) < 4.78 is 6.45. The molecule has 1 aromatic carbocycles. The quantitative estimate of drug-likeness (QED) is 0.659. The lowest BCUT2D eigenvalue weighted by molar-refractivity contribution is 0.0601. The zero-order valence-corrected chi connectivity index (χ0v) is 17.1. The molecule has 0 amide bonds. The third kappa shape index (κ3) is 3.20. The van der Waals surface area contributed by atoms with Crippen LogP contribution in [0.3, 0.4) is 0 Å². The van der Waals surface area contributed by atoms with Crippen LogP contribution in [0.4, 0.5) is 11.6 Å². The summed E-state index contributed by atoms with van der Waals surface area (Å²) >= 11 is 1.64. The number of aryl methyl sites for hydroxylation is 2. The van der Waals surface area contributed by atoms with Gasteiger partial charge in [0.25, 0.3) is 5.56 Å². The zero-order valence-electron chi connectivity index (χ0n) is 16.2. The lowest BCUT2D eigenvalue weighted by atomic mass is 9.97. The van der Waals surface area contributed by atoms with E-state index in [0.717, 1.165) is 35.2 Å². The molecule has 0 atom stereocenters. The number of nitrogens with one attached hydrogen (secondary N) is 1. The van der Waals surface area contributed by atoms with Crippen LogP contribution in [0.25, 0.3) is 10.2 Å². The van der Waals surface area contributed by atoms with E-state index in [-0.39, 0.29) is 17.6 Å². The van der Waals surface area contributed by atoms with Crippen molar-refractivity contribution in [1.29, 1.82) is 0 Å². The summed E-state index contributed by atoms with van der Waals surface area (Å²) in [6.45, 7) is 3.97. The van der Waals surface area contributed by atoms with Crippen molar-refractivity contribution in [1.82, 2.24) is 9.55 Å². The van der Waals surface area contributed by atoms with E-state index in [0.29, 0.717) is 11.5 Å². The van der Waals surface area contributed by atoms with Crippen molar-refractivity contribution in [2.24, 2.45) is 0 Å².